The molecule has 0 aromatic rings. The van der Waals surface area contributed by atoms with Gasteiger partial charge in [0.25, 0.3) is 0 Å². The summed E-state index contributed by atoms with van der Waals surface area (Å²) in [6, 6.07) is 0. The quantitative estimate of drug-likeness (QED) is 0.701. The molecule has 0 spiro atoms. The van der Waals surface area contributed by atoms with Crippen LogP contribution in [0.5, 0.6) is 0 Å². The highest BCUT2D eigenvalue weighted by atomic mass is 35.5. The molecule has 1 saturated carbocycles. The minimum absolute atomic E-state index is 0.241. The van der Waals surface area contributed by atoms with E-state index in [-0.39, 0.29) is 5.92 Å². The van der Waals surface area contributed by atoms with Crippen LogP contribution in [0.2, 0.25) is 0 Å². The van der Waals surface area contributed by atoms with Crippen molar-refractivity contribution >= 4 is 17.4 Å². The van der Waals surface area contributed by atoms with Crippen LogP contribution in [0.15, 0.2) is 11.1 Å². The first-order chi connectivity index (χ1) is 7.17. The molecule has 1 aliphatic rings. The molecule has 0 heterocycles. The van der Waals surface area contributed by atoms with Crippen molar-refractivity contribution in [2.24, 2.45) is 11.8 Å². The Balaban J connectivity index is 2.50. The number of carbonyl (C=O) groups excluding carboxylic acids is 1. The Hall–Kier alpha value is -0.300. The van der Waals surface area contributed by atoms with Crippen molar-refractivity contribution in [3.05, 3.63) is 11.1 Å². The number of allylic oxidation sites excluding steroid dienone is 1. The second-order valence-corrected chi connectivity index (χ2v) is 4.97. The fourth-order valence-electron chi connectivity index (χ4n) is 2.50. The molecule has 1 fully saturated rings. The van der Waals surface area contributed by atoms with Gasteiger partial charge < -0.3 is 0 Å². The normalized spacial score (nSPS) is 28.2. The van der Waals surface area contributed by atoms with E-state index in [9.17, 15) is 4.79 Å². The molecule has 0 N–H and O–H groups in total. The molecular weight excluding hydrogens is 208 g/mol. The summed E-state index contributed by atoms with van der Waals surface area (Å²) in [7, 11) is 0. The van der Waals surface area contributed by atoms with Crippen LogP contribution in [0.4, 0.5) is 0 Å². The Morgan fingerprint density at radius 3 is 2.93 bits per heavy atom. The lowest BCUT2D eigenvalue weighted by atomic mass is 9.76. The maximum Gasteiger partial charge on any atom is 0.136 e. The van der Waals surface area contributed by atoms with Crippen LogP contribution in [-0.2, 0) is 4.79 Å². The molecule has 0 radical (unpaired) electrons. The highest BCUT2D eigenvalue weighted by Gasteiger charge is 2.27. The predicted molar refractivity (Wildman–Crippen MR) is 65.0 cm³/mol. The van der Waals surface area contributed by atoms with Crippen LogP contribution >= 0.6 is 11.6 Å². The summed E-state index contributed by atoms with van der Waals surface area (Å²) >= 11 is 5.64. The van der Waals surface area contributed by atoms with Crippen molar-refractivity contribution in [1.82, 2.24) is 0 Å². The molecule has 0 aliphatic heterocycles. The zero-order chi connectivity index (χ0) is 11.3. The fourth-order valence-corrected chi connectivity index (χ4v) is 2.59. The van der Waals surface area contributed by atoms with Crippen molar-refractivity contribution < 1.29 is 4.79 Å². The minimum Gasteiger partial charge on any atom is -0.299 e. The summed E-state index contributed by atoms with van der Waals surface area (Å²) in [6.07, 6.45) is 6.33. The third-order valence-electron chi connectivity index (χ3n) is 3.32. The van der Waals surface area contributed by atoms with Gasteiger partial charge in [-0.25, -0.2) is 0 Å². The summed E-state index contributed by atoms with van der Waals surface area (Å²) in [6.45, 7) is 4.22. The molecule has 2 atom stereocenters. The van der Waals surface area contributed by atoms with E-state index < -0.39 is 0 Å². The molecule has 86 valence electrons. The Bertz CT molecular complexity index is 245. The predicted octanol–water partition coefficient (Wildman–Crippen LogP) is 4.30. The number of Topliss-reactive ketones (excluding diaryl/α,β-unsaturated/α-hetero) is 1. The van der Waals surface area contributed by atoms with E-state index in [1.165, 1.54) is 12.8 Å². The average molecular weight is 229 g/mol. The molecule has 0 aromatic heterocycles. The number of hydrogen-bond acceptors (Lipinski definition) is 1. The number of halogens is 1. The van der Waals surface area contributed by atoms with Gasteiger partial charge in [0.2, 0.25) is 0 Å². The minimum atomic E-state index is 0.241. The van der Waals surface area contributed by atoms with Crippen LogP contribution < -0.4 is 0 Å². The largest absolute Gasteiger partial charge is 0.299 e. The molecule has 0 saturated heterocycles. The molecular formula is C13H21ClO. The van der Waals surface area contributed by atoms with E-state index in [2.05, 4.69) is 6.92 Å². The van der Waals surface area contributed by atoms with Gasteiger partial charge in [-0.3, -0.25) is 4.79 Å². The number of carbonyl (C=O) groups is 1. The Morgan fingerprint density at radius 1 is 1.60 bits per heavy atom. The van der Waals surface area contributed by atoms with E-state index in [1.54, 1.807) is 5.54 Å². The summed E-state index contributed by atoms with van der Waals surface area (Å²) in [4.78, 5) is 11.7. The molecule has 1 nitrogen and oxygen atoms in total. The number of ketones is 1. The molecule has 0 bridgehead atoms. The lowest BCUT2D eigenvalue weighted by Crippen LogP contribution is -2.25. The highest BCUT2D eigenvalue weighted by molar-refractivity contribution is 6.25. The summed E-state index contributed by atoms with van der Waals surface area (Å²) < 4.78 is 0. The third-order valence-corrected chi connectivity index (χ3v) is 3.70. The van der Waals surface area contributed by atoms with Crippen LogP contribution in [0.3, 0.4) is 0 Å². The van der Waals surface area contributed by atoms with Gasteiger partial charge in [0.15, 0.2) is 0 Å². The average Bonchev–Trinajstić information content (AvgIpc) is 2.23. The lowest BCUT2D eigenvalue weighted by Gasteiger charge is -2.28. The Morgan fingerprint density at radius 2 is 2.33 bits per heavy atom. The standard InChI is InChI=1S/C13H21ClO/c1-3-4-11-5-6-13(15)12(8-11)7-10(2)9-14/h9,11-12H,3-8H2,1-2H3. The van der Waals surface area contributed by atoms with Gasteiger partial charge in [0.05, 0.1) is 0 Å². The smallest absolute Gasteiger partial charge is 0.136 e. The van der Waals surface area contributed by atoms with Gasteiger partial charge in [0.1, 0.15) is 5.78 Å². The zero-order valence-corrected chi connectivity index (χ0v) is 10.5. The molecule has 1 aliphatic carbocycles. The maximum absolute atomic E-state index is 11.7. The van der Waals surface area contributed by atoms with E-state index in [0.717, 1.165) is 37.2 Å². The third kappa shape index (κ3) is 3.98. The molecule has 0 amide bonds. The SMILES string of the molecule is CCCC1CCC(=O)C(CC(C)=CCl)C1. The molecule has 2 unspecified atom stereocenters. The van der Waals surface area contributed by atoms with Gasteiger partial charge in [-0.2, -0.15) is 0 Å². The van der Waals surface area contributed by atoms with Crippen molar-refractivity contribution in [3.63, 3.8) is 0 Å². The van der Waals surface area contributed by atoms with Crippen molar-refractivity contribution in [2.75, 3.05) is 0 Å². The summed E-state index contributed by atoms with van der Waals surface area (Å²) in [5.41, 5.74) is 2.74. The first kappa shape index (κ1) is 12.8. The van der Waals surface area contributed by atoms with E-state index in [0.29, 0.717) is 5.78 Å². The van der Waals surface area contributed by atoms with Crippen molar-refractivity contribution in [2.45, 2.75) is 52.4 Å². The number of hydrogen-bond donors (Lipinski definition) is 0. The molecule has 15 heavy (non-hydrogen) atoms. The van der Waals surface area contributed by atoms with Gasteiger partial charge >= 0.3 is 0 Å². The van der Waals surface area contributed by atoms with E-state index in [4.69, 9.17) is 11.6 Å². The first-order valence-corrected chi connectivity index (χ1v) is 6.39. The van der Waals surface area contributed by atoms with Crippen LogP contribution in [-0.4, -0.2) is 5.78 Å². The highest BCUT2D eigenvalue weighted by Crippen LogP contribution is 2.33. The fraction of sp³-hybridized carbons (Fsp3) is 0.769. The monoisotopic (exact) mass is 228 g/mol. The second-order valence-electron chi connectivity index (χ2n) is 4.75. The number of rotatable bonds is 4. The summed E-state index contributed by atoms with van der Waals surface area (Å²) in [5, 5.41) is 0. The van der Waals surface area contributed by atoms with Gasteiger partial charge in [-0.15, -0.1) is 0 Å². The van der Waals surface area contributed by atoms with Crippen LogP contribution in [0.1, 0.15) is 52.4 Å². The van der Waals surface area contributed by atoms with Gasteiger partial charge in [0, 0.05) is 17.9 Å². The Kier molecular flexibility index (Phi) is 5.38. The lowest BCUT2D eigenvalue weighted by molar-refractivity contribution is -0.125. The summed E-state index contributed by atoms with van der Waals surface area (Å²) in [5.74, 6) is 1.45. The molecule has 0 aromatic carbocycles. The maximum atomic E-state index is 11.7. The van der Waals surface area contributed by atoms with Gasteiger partial charge in [-0.1, -0.05) is 36.9 Å². The molecule has 1 rings (SSSR count). The topological polar surface area (TPSA) is 17.1 Å². The van der Waals surface area contributed by atoms with E-state index in [1.807, 2.05) is 6.92 Å². The first-order valence-electron chi connectivity index (χ1n) is 5.96. The van der Waals surface area contributed by atoms with Crippen molar-refractivity contribution in [1.29, 1.82) is 0 Å². The van der Waals surface area contributed by atoms with E-state index >= 15 is 0 Å². The zero-order valence-electron chi connectivity index (χ0n) is 9.76. The van der Waals surface area contributed by atoms with Crippen LogP contribution in [0.25, 0.3) is 0 Å². The van der Waals surface area contributed by atoms with Crippen LogP contribution in [0, 0.1) is 11.8 Å². The van der Waals surface area contributed by atoms with Gasteiger partial charge in [-0.05, 0) is 32.1 Å². The van der Waals surface area contributed by atoms with Crippen molar-refractivity contribution in [3.8, 4) is 0 Å². The Labute approximate surface area is 97.9 Å². The second kappa shape index (κ2) is 6.32. The molecule has 2 heteroatoms.